The van der Waals surface area contributed by atoms with Gasteiger partial charge in [0.2, 0.25) is 0 Å². The zero-order valence-corrected chi connectivity index (χ0v) is 11.7. The Kier molecular flexibility index (Phi) is 5.40. The molecule has 1 heteroatoms. The van der Waals surface area contributed by atoms with Crippen molar-refractivity contribution in [3.05, 3.63) is 35.7 Å². The number of hydrogen-bond donors (Lipinski definition) is 0. The fourth-order valence-electron chi connectivity index (χ4n) is 2.13. The van der Waals surface area contributed by atoms with Crippen LogP contribution in [0, 0.1) is 12.8 Å². The maximum atomic E-state index is 4.60. The number of allylic oxidation sites excluding steroid dienone is 1. The Labute approximate surface area is 106 Å². The zero-order valence-electron chi connectivity index (χ0n) is 11.7. The Hall–Kier alpha value is -1.11. The summed E-state index contributed by atoms with van der Waals surface area (Å²) in [6.45, 7) is 12.6. The second-order valence-electron chi connectivity index (χ2n) is 5.15. The molecule has 1 aromatic rings. The maximum Gasteiger partial charge on any atom is 0.0656 e. The number of rotatable bonds is 6. The molecular weight excluding hydrogens is 206 g/mol. The third-order valence-corrected chi connectivity index (χ3v) is 3.32. The highest BCUT2D eigenvalue weighted by molar-refractivity contribution is 5.58. The first-order valence-corrected chi connectivity index (χ1v) is 6.67. The molecule has 1 heterocycles. The molecule has 0 saturated carbocycles. The van der Waals surface area contributed by atoms with E-state index in [0.717, 1.165) is 29.3 Å². The lowest BCUT2D eigenvalue weighted by molar-refractivity contribution is 0.485. The van der Waals surface area contributed by atoms with Crippen molar-refractivity contribution in [3.63, 3.8) is 0 Å². The van der Waals surface area contributed by atoms with Crippen LogP contribution in [-0.2, 0) is 6.42 Å². The lowest BCUT2D eigenvalue weighted by atomic mass is 9.96. The van der Waals surface area contributed by atoms with Crippen LogP contribution in [0.2, 0.25) is 0 Å². The highest BCUT2D eigenvalue weighted by Crippen LogP contribution is 2.18. The van der Waals surface area contributed by atoms with E-state index in [9.17, 15) is 0 Å². The summed E-state index contributed by atoms with van der Waals surface area (Å²) in [7, 11) is 0. The quantitative estimate of drug-likeness (QED) is 0.686. The molecule has 0 amide bonds. The van der Waals surface area contributed by atoms with Gasteiger partial charge in [-0.2, -0.15) is 0 Å². The van der Waals surface area contributed by atoms with Gasteiger partial charge in [-0.25, -0.2) is 0 Å². The van der Waals surface area contributed by atoms with Crippen molar-refractivity contribution < 1.29 is 0 Å². The summed E-state index contributed by atoms with van der Waals surface area (Å²) in [6, 6.07) is 4.31. The number of nitrogens with zero attached hydrogens (tertiary/aromatic N) is 1. The van der Waals surface area contributed by atoms with E-state index >= 15 is 0 Å². The highest BCUT2D eigenvalue weighted by Gasteiger charge is 2.05. The number of aryl methyl sites for hydroxylation is 2. The molecule has 0 N–H and O–H groups in total. The molecule has 1 aromatic heterocycles. The lowest BCUT2D eigenvalue weighted by Crippen LogP contribution is -2.00. The molecule has 0 aliphatic rings. The molecule has 0 saturated heterocycles. The summed E-state index contributed by atoms with van der Waals surface area (Å²) in [5.74, 6) is 0.820. The minimum absolute atomic E-state index is 0.820. The van der Waals surface area contributed by atoms with Crippen LogP contribution in [0.4, 0.5) is 0 Å². The summed E-state index contributed by atoms with van der Waals surface area (Å²) >= 11 is 0. The molecule has 1 rings (SSSR count). The summed E-state index contributed by atoms with van der Waals surface area (Å²) in [5.41, 5.74) is 4.61. The second kappa shape index (κ2) is 6.58. The van der Waals surface area contributed by atoms with E-state index in [0.29, 0.717) is 0 Å². The van der Waals surface area contributed by atoms with Gasteiger partial charge in [-0.05, 0) is 49.8 Å². The van der Waals surface area contributed by atoms with E-state index in [2.05, 4.69) is 44.5 Å². The first-order valence-electron chi connectivity index (χ1n) is 6.67. The third-order valence-electron chi connectivity index (χ3n) is 3.32. The summed E-state index contributed by atoms with van der Waals surface area (Å²) in [5, 5.41) is 0. The molecule has 0 fully saturated rings. The molecule has 0 bridgehead atoms. The molecule has 0 spiro atoms. The summed E-state index contributed by atoms with van der Waals surface area (Å²) in [4.78, 5) is 4.60. The van der Waals surface area contributed by atoms with E-state index in [1.807, 2.05) is 6.92 Å². The Morgan fingerprint density at radius 3 is 2.59 bits per heavy atom. The number of hydrogen-bond acceptors (Lipinski definition) is 1. The molecule has 1 atom stereocenters. The summed E-state index contributed by atoms with van der Waals surface area (Å²) < 4.78 is 0. The molecule has 0 aromatic carbocycles. The van der Waals surface area contributed by atoms with Gasteiger partial charge in [-0.15, -0.1) is 0 Å². The fourth-order valence-corrected chi connectivity index (χ4v) is 2.13. The van der Waals surface area contributed by atoms with Gasteiger partial charge in [-0.3, -0.25) is 4.98 Å². The minimum Gasteiger partial charge on any atom is -0.253 e. The van der Waals surface area contributed by atoms with Crippen LogP contribution in [0.3, 0.4) is 0 Å². The predicted molar refractivity (Wildman–Crippen MR) is 76.1 cm³/mol. The molecule has 94 valence electrons. The third kappa shape index (κ3) is 4.33. The number of pyridine rings is 1. The fraction of sp³-hybridized carbons (Fsp3) is 0.562. The Morgan fingerprint density at radius 1 is 1.35 bits per heavy atom. The van der Waals surface area contributed by atoms with E-state index in [1.165, 1.54) is 24.8 Å². The topological polar surface area (TPSA) is 12.9 Å². The van der Waals surface area contributed by atoms with Crippen LogP contribution in [-0.4, -0.2) is 4.98 Å². The van der Waals surface area contributed by atoms with Crippen LogP contribution in [0.15, 0.2) is 18.7 Å². The molecule has 1 nitrogen and oxygen atoms in total. The van der Waals surface area contributed by atoms with Gasteiger partial charge in [-0.1, -0.05) is 39.3 Å². The van der Waals surface area contributed by atoms with Crippen molar-refractivity contribution in [2.75, 3.05) is 0 Å². The van der Waals surface area contributed by atoms with Crippen LogP contribution in [0.1, 0.15) is 57.0 Å². The highest BCUT2D eigenvalue weighted by atomic mass is 14.7. The molecule has 17 heavy (non-hydrogen) atoms. The van der Waals surface area contributed by atoms with Crippen molar-refractivity contribution >= 4 is 5.57 Å². The average molecular weight is 231 g/mol. The maximum absolute atomic E-state index is 4.60. The van der Waals surface area contributed by atoms with Gasteiger partial charge in [0.25, 0.3) is 0 Å². The molecule has 1 unspecified atom stereocenters. The lowest BCUT2D eigenvalue weighted by Gasteiger charge is -2.11. The van der Waals surface area contributed by atoms with Crippen molar-refractivity contribution in [3.8, 4) is 0 Å². The second-order valence-corrected chi connectivity index (χ2v) is 5.15. The first kappa shape index (κ1) is 14.0. The van der Waals surface area contributed by atoms with Gasteiger partial charge in [0.15, 0.2) is 0 Å². The van der Waals surface area contributed by atoms with Gasteiger partial charge < -0.3 is 0 Å². The van der Waals surface area contributed by atoms with E-state index in [4.69, 9.17) is 0 Å². The van der Waals surface area contributed by atoms with Gasteiger partial charge in [0.1, 0.15) is 0 Å². The summed E-state index contributed by atoms with van der Waals surface area (Å²) in [6.07, 6.45) is 5.03. The molecule has 0 aliphatic carbocycles. The molecule has 0 aliphatic heterocycles. The molecule has 0 radical (unpaired) electrons. The standard InChI is InChI=1S/C16H25N/c1-6-7-13(4)8-9-15-10-11-16(12(2)3)17-14(15)5/h10-11,13H,2,6-9H2,1,3-5H3. The van der Waals surface area contributed by atoms with Crippen molar-refractivity contribution in [2.45, 2.75) is 53.4 Å². The van der Waals surface area contributed by atoms with E-state index < -0.39 is 0 Å². The van der Waals surface area contributed by atoms with Crippen LogP contribution >= 0.6 is 0 Å². The smallest absolute Gasteiger partial charge is 0.0656 e. The molecular formula is C16H25N. The van der Waals surface area contributed by atoms with Crippen molar-refractivity contribution in [1.29, 1.82) is 0 Å². The largest absolute Gasteiger partial charge is 0.253 e. The Bertz CT molecular complexity index is 379. The van der Waals surface area contributed by atoms with E-state index in [-0.39, 0.29) is 0 Å². The first-order chi connectivity index (χ1) is 8.04. The average Bonchev–Trinajstić information content (AvgIpc) is 2.27. The van der Waals surface area contributed by atoms with Crippen molar-refractivity contribution in [2.24, 2.45) is 5.92 Å². The van der Waals surface area contributed by atoms with E-state index in [1.54, 1.807) is 0 Å². The van der Waals surface area contributed by atoms with Gasteiger partial charge in [0, 0.05) is 5.69 Å². The van der Waals surface area contributed by atoms with Gasteiger partial charge in [0.05, 0.1) is 5.69 Å². The van der Waals surface area contributed by atoms with Crippen LogP contribution in [0.5, 0.6) is 0 Å². The normalized spacial score (nSPS) is 12.5. The van der Waals surface area contributed by atoms with Gasteiger partial charge >= 0.3 is 0 Å². The minimum atomic E-state index is 0.820. The van der Waals surface area contributed by atoms with Crippen molar-refractivity contribution in [1.82, 2.24) is 4.98 Å². The number of aromatic nitrogens is 1. The monoisotopic (exact) mass is 231 g/mol. The van der Waals surface area contributed by atoms with Crippen LogP contribution in [0.25, 0.3) is 5.57 Å². The Balaban J connectivity index is 2.63. The predicted octanol–water partition coefficient (Wildman–Crippen LogP) is 4.79. The SMILES string of the molecule is C=C(C)c1ccc(CCC(C)CCC)c(C)n1. The zero-order chi connectivity index (χ0) is 12.8. The Morgan fingerprint density at radius 2 is 2.06 bits per heavy atom. The van der Waals surface area contributed by atoms with Crippen LogP contribution < -0.4 is 0 Å².